The van der Waals surface area contributed by atoms with Gasteiger partial charge in [-0.15, -0.1) is 0 Å². The Labute approximate surface area is 144 Å². The third-order valence-corrected chi connectivity index (χ3v) is 3.48. The van der Waals surface area contributed by atoms with Crippen molar-refractivity contribution in [1.82, 2.24) is 5.48 Å². The Kier molecular flexibility index (Phi) is 6.42. The lowest BCUT2D eigenvalue weighted by atomic mass is 10.1. The van der Waals surface area contributed by atoms with Crippen molar-refractivity contribution in [3.8, 4) is 0 Å². The lowest BCUT2D eigenvalue weighted by molar-refractivity contribution is -0.124. The van der Waals surface area contributed by atoms with Crippen molar-refractivity contribution in [1.29, 1.82) is 0 Å². The zero-order valence-electron chi connectivity index (χ0n) is 12.6. The predicted molar refractivity (Wildman–Crippen MR) is 93.6 cm³/mol. The smallest absolute Gasteiger partial charge is 0.267 e. The normalized spacial score (nSPS) is 11.1. The molecule has 0 fully saturated rings. The van der Waals surface area contributed by atoms with Gasteiger partial charge in [0, 0.05) is 28.4 Å². The van der Waals surface area contributed by atoms with Crippen molar-refractivity contribution in [3.63, 3.8) is 0 Å². The molecule has 0 atom stereocenters. The van der Waals surface area contributed by atoms with Crippen LogP contribution in [0.5, 0.6) is 0 Å². The number of aliphatic imine (C=N–C) groups is 1. The van der Waals surface area contributed by atoms with Gasteiger partial charge in [-0.2, -0.15) is 0 Å². The maximum Gasteiger partial charge on any atom is 0.267 e. The minimum absolute atomic E-state index is 0.0212. The standard InChI is InChI=1S/C18H15ClN2O3/c19-16-4-2-1-3-15(16)11-20-12-17(22)14-8-5-13(6-9-14)7-10-18(23)21-24/h1-11,24H,12H2,(H,21,23)/b10-7+,20-11?. The second kappa shape index (κ2) is 8.76. The van der Waals surface area contributed by atoms with Crippen molar-refractivity contribution < 1.29 is 14.8 Å². The van der Waals surface area contributed by atoms with Crippen LogP contribution in [0.3, 0.4) is 0 Å². The molecule has 2 N–H and O–H groups in total. The largest absolute Gasteiger partial charge is 0.292 e. The average Bonchev–Trinajstić information content (AvgIpc) is 2.61. The van der Waals surface area contributed by atoms with Crippen molar-refractivity contribution in [2.24, 2.45) is 4.99 Å². The summed E-state index contributed by atoms with van der Waals surface area (Å²) in [7, 11) is 0. The molecule has 0 radical (unpaired) electrons. The van der Waals surface area contributed by atoms with Crippen LogP contribution in [-0.4, -0.2) is 29.7 Å². The first-order chi connectivity index (χ1) is 11.6. The number of halogens is 1. The zero-order chi connectivity index (χ0) is 17.4. The van der Waals surface area contributed by atoms with Crippen molar-refractivity contribution in [3.05, 3.63) is 76.3 Å². The zero-order valence-corrected chi connectivity index (χ0v) is 13.4. The molecule has 122 valence electrons. The number of nitrogens with one attached hydrogen (secondary N) is 1. The van der Waals surface area contributed by atoms with Crippen LogP contribution in [-0.2, 0) is 4.79 Å². The summed E-state index contributed by atoms with van der Waals surface area (Å²) in [5.74, 6) is -0.744. The molecule has 0 saturated carbocycles. The Morgan fingerprint density at radius 2 is 1.83 bits per heavy atom. The van der Waals surface area contributed by atoms with Crippen molar-refractivity contribution in [2.45, 2.75) is 0 Å². The molecule has 0 unspecified atom stereocenters. The fourth-order valence-electron chi connectivity index (χ4n) is 1.89. The van der Waals surface area contributed by atoms with Crippen LogP contribution >= 0.6 is 11.6 Å². The Morgan fingerprint density at radius 3 is 2.50 bits per heavy atom. The van der Waals surface area contributed by atoms with Gasteiger partial charge in [0.2, 0.25) is 0 Å². The predicted octanol–water partition coefficient (Wildman–Crippen LogP) is 3.16. The highest BCUT2D eigenvalue weighted by atomic mass is 35.5. The Balaban J connectivity index is 1.96. The average molecular weight is 343 g/mol. The van der Waals surface area contributed by atoms with E-state index >= 15 is 0 Å². The maximum absolute atomic E-state index is 12.1. The van der Waals surface area contributed by atoms with Crippen LogP contribution in [0, 0.1) is 0 Å². The van der Waals surface area contributed by atoms with Gasteiger partial charge in [0.25, 0.3) is 5.91 Å². The Morgan fingerprint density at radius 1 is 1.12 bits per heavy atom. The van der Waals surface area contributed by atoms with Gasteiger partial charge in [0.1, 0.15) is 6.54 Å². The minimum Gasteiger partial charge on any atom is -0.292 e. The highest BCUT2D eigenvalue weighted by Gasteiger charge is 2.04. The van der Waals surface area contributed by atoms with E-state index in [1.54, 1.807) is 36.5 Å². The summed E-state index contributed by atoms with van der Waals surface area (Å²) in [6.45, 7) is 0.0212. The van der Waals surface area contributed by atoms with Crippen LogP contribution < -0.4 is 5.48 Å². The monoisotopic (exact) mass is 342 g/mol. The van der Waals surface area contributed by atoms with Crippen LogP contribution in [0.25, 0.3) is 6.08 Å². The van der Waals surface area contributed by atoms with Crippen molar-refractivity contribution in [2.75, 3.05) is 6.54 Å². The second-order valence-corrected chi connectivity index (χ2v) is 5.25. The topological polar surface area (TPSA) is 78.8 Å². The number of carbonyl (C=O) groups is 2. The molecule has 5 nitrogen and oxygen atoms in total. The van der Waals surface area contributed by atoms with E-state index in [1.807, 2.05) is 18.2 Å². The first kappa shape index (κ1) is 17.6. The summed E-state index contributed by atoms with van der Waals surface area (Å²) in [5.41, 5.74) is 3.51. The maximum atomic E-state index is 12.1. The molecule has 2 rings (SSSR count). The van der Waals surface area contributed by atoms with Gasteiger partial charge in [-0.3, -0.25) is 19.8 Å². The highest BCUT2D eigenvalue weighted by Crippen LogP contribution is 2.12. The van der Waals surface area contributed by atoms with Crippen LogP contribution in [0.2, 0.25) is 5.02 Å². The Hall–Kier alpha value is -2.76. The summed E-state index contributed by atoms with van der Waals surface area (Å²) in [6, 6.07) is 14.0. The molecule has 6 heteroatoms. The molecule has 0 saturated heterocycles. The molecule has 0 spiro atoms. The molecule has 0 aliphatic carbocycles. The third-order valence-electron chi connectivity index (χ3n) is 3.14. The second-order valence-electron chi connectivity index (χ2n) is 4.85. The van der Waals surface area contributed by atoms with E-state index < -0.39 is 5.91 Å². The summed E-state index contributed by atoms with van der Waals surface area (Å²) < 4.78 is 0. The number of benzene rings is 2. The van der Waals surface area contributed by atoms with E-state index in [0.29, 0.717) is 10.6 Å². The molecule has 0 aliphatic rings. The van der Waals surface area contributed by atoms with E-state index in [2.05, 4.69) is 4.99 Å². The van der Waals surface area contributed by atoms with E-state index in [4.69, 9.17) is 16.8 Å². The SMILES string of the molecule is O=C(/C=C/c1ccc(C(=O)CN=Cc2ccccc2Cl)cc1)NO. The lowest BCUT2D eigenvalue weighted by Gasteiger charge is -2.00. The molecule has 0 aromatic heterocycles. The molecule has 24 heavy (non-hydrogen) atoms. The van der Waals surface area contributed by atoms with Crippen molar-refractivity contribution >= 4 is 35.6 Å². The molecule has 0 bridgehead atoms. The number of ketones is 1. The fourth-order valence-corrected chi connectivity index (χ4v) is 2.07. The van der Waals surface area contributed by atoms with Gasteiger partial charge in [0.15, 0.2) is 5.78 Å². The highest BCUT2D eigenvalue weighted by molar-refractivity contribution is 6.33. The van der Waals surface area contributed by atoms with Crippen LogP contribution in [0.1, 0.15) is 21.5 Å². The quantitative estimate of drug-likeness (QED) is 0.278. The van der Waals surface area contributed by atoms with E-state index in [0.717, 1.165) is 11.1 Å². The lowest BCUT2D eigenvalue weighted by Crippen LogP contribution is -2.14. The minimum atomic E-state index is -0.621. The fraction of sp³-hybridized carbons (Fsp3) is 0.0556. The first-order valence-electron chi connectivity index (χ1n) is 7.10. The van der Waals surface area contributed by atoms with E-state index in [9.17, 15) is 9.59 Å². The molecule has 0 aliphatic heterocycles. The first-order valence-corrected chi connectivity index (χ1v) is 7.47. The van der Waals surface area contributed by atoms with Gasteiger partial charge < -0.3 is 0 Å². The number of hydrogen-bond acceptors (Lipinski definition) is 4. The summed E-state index contributed by atoms with van der Waals surface area (Å²) in [5, 5.41) is 8.97. The number of hydrogen-bond donors (Lipinski definition) is 2. The van der Waals surface area contributed by atoms with Gasteiger partial charge in [0.05, 0.1) is 0 Å². The van der Waals surface area contributed by atoms with Crippen LogP contribution in [0.4, 0.5) is 0 Å². The third kappa shape index (κ3) is 5.15. The van der Waals surface area contributed by atoms with Gasteiger partial charge in [-0.05, 0) is 17.7 Å². The van der Waals surface area contributed by atoms with Gasteiger partial charge in [-0.1, -0.05) is 54.1 Å². The molecule has 2 aromatic carbocycles. The number of hydroxylamine groups is 1. The molecule has 2 aromatic rings. The van der Waals surface area contributed by atoms with E-state index in [1.165, 1.54) is 17.6 Å². The summed E-state index contributed by atoms with van der Waals surface area (Å²) in [6.07, 6.45) is 4.28. The number of amides is 1. The number of Topliss-reactive ketones (excluding diaryl/α,β-unsaturated/α-hetero) is 1. The van der Waals surface area contributed by atoms with E-state index in [-0.39, 0.29) is 12.3 Å². The number of nitrogens with zero attached hydrogens (tertiary/aromatic N) is 1. The van der Waals surface area contributed by atoms with Gasteiger partial charge in [-0.25, -0.2) is 5.48 Å². The molecule has 0 heterocycles. The summed E-state index contributed by atoms with van der Waals surface area (Å²) >= 11 is 6.01. The van der Waals surface area contributed by atoms with Crippen LogP contribution in [0.15, 0.2) is 59.6 Å². The Bertz CT molecular complexity index is 783. The number of rotatable bonds is 6. The molecular weight excluding hydrogens is 328 g/mol. The summed E-state index contributed by atoms with van der Waals surface area (Å²) in [4.78, 5) is 27.1. The molecule has 1 amide bonds. The number of carbonyl (C=O) groups excluding carboxylic acids is 2. The van der Waals surface area contributed by atoms with Gasteiger partial charge >= 0.3 is 0 Å². The molecular formula is C18H15ClN2O3.